The molecule has 0 amide bonds. The summed E-state index contributed by atoms with van der Waals surface area (Å²) in [6.45, 7) is 10.0. The first-order valence-corrected chi connectivity index (χ1v) is 9.53. The third-order valence-electron chi connectivity index (χ3n) is 5.79. The van der Waals surface area contributed by atoms with E-state index in [1.807, 2.05) is 0 Å². The van der Waals surface area contributed by atoms with Crippen molar-refractivity contribution in [1.29, 1.82) is 0 Å². The summed E-state index contributed by atoms with van der Waals surface area (Å²) < 4.78 is 0. The van der Waals surface area contributed by atoms with Crippen LogP contribution in [0.1, 0.15) is 39.5 Å². The van der Waals surface area contributed by atoms with Gasteiger partial charge in [0.25, 0.3) is 0 Å². The molecule has 4 heteroatoms. The standard InChI is InChI=1S/C16H31N3S/c1-16(2)6-10-20-12-15(16)19-9-5-14(11-19)18-7-3-13(17)4-8-18/h13-15H,3-12,17H2,1-2H3. The summed E-state index contributed by atoms with van der Waals surface area (Å²) in [4.78, 5) is 5.51. The topological polar surface area (TPSA) is 32.5 Å². The SMILES string of the molecule is CC1(C)CCSCC1N1CCC(N2CCC(N)CC2)C1. The van der Waals surface area contributed by atoms with Gasteiger partial charge in [0.15, 0.2) is 0 Å². The normalized spacial score (nSPS) is 37.4. The lowest BCUT2D eigenvalue weighted by Gasteiger charge is -2.44. The molecule has 0 bridgehead atoms. The molecular weight excluding hydrogens is 266 g/mol. The van der Waals surface area contributed by atoms with Crippen LogP contribution in [0.3, 0.4) is 0 Å². The molecule has 3 nitrogen and oxygen atoms in total. The summed E-state index contributed by atoms with van der Waals surface area (Å²) in [5, 5.41) is 0. The van der Waals surface area contributed by atoms with Crippen molar-refractivity contribution in [3.63, 3.8) is 0 Å². The van der Waals surface area contributed by atoms with Crippen LogP contribution in [0.15, 0.2) is 0 Å². The number of nitrogens with two attached hydrogens (primary N) is 1. The molecule has 0 aromatic rings. The Morgan fingerprint density at radius 3 is 2.45 bits per heavy atom. The molecule has 116 valence electrons. The van der Waals surface area contributed by atoms with Crippen molar-refractivity contribution >= 4 is 11.8 Å². The fourth-order valence-electron chi connectivity index (χ4n) is 4.16. The van der Waals surface area contributed by atoms with E-state index < -0.39 is 0 Å². The first-order valence-electron chi connectivity index (χ1n) is 8.38. The fourth-order valence-corrected chi connectivity index (χ4v) is 5.88. The molecule has 2 unspecified atom stereocenters. The Morgan fingerprint density at radius 1 is 1.05 bits per heavy atom. The van der Waals surface area contributed by atoms with Gasteiger partial charge < -0.3 is 5.73 Å². The molecule has 3 aliphatic heterocycles. The van der Waals surface area contributed by atoms with Crippen molar-refractivity contribution in [2.75, 3.05) is 37.7 Å². The first kappa shape index (κ1) is 15.1. The summed E-state index contributed by atoms with van der Waals surface area (Å²) in [6.07, 6.45) is 5.14. The van der Waals surface area contributed by atoms with E-state index in [1.54, 1.807) is 0 Å². The number of likely N-dealkylation sites (tertiary alicyclic amines) is 2. The quantitative estimate of drug-likeness (QED) is 0.845. The third-order valence-corrected chi connectivity index (χ3v) is 6.84. The summed E-state index contributed by atoms with van der Waals surface area (Å²) >= 11 is 2.16. The monoisotopic (exact) mass is 297 g/mol. The molecule has 2 atom stereocenters. The second-order valence-electron chi connectivity index (χ2n) is 7.64. The molecule has 0 aliphatic carbocycles. The van der Waals surface area contributed by atoms with Gasteiger partial charge in [0.1, 0.15) is 0 Å². The minimum absolute atomic E-state index is 0.456. The molecule has 3 heterocycles. The van der Waals surface area contributed by atoms with Crippen LogP contribution in [0.4, 0.5) is 0 Å². The Bertz CT molecular complexity index is 326. The zero-order valence-electron chi connectivity index (χ0n) is 13.2. The van der Waals surface area contributed by atoms with E-state index >= 15 is 0 Å². The van der Waals surface area contributed by atoms with Crippen LogP contribution >= 0.6 is 11.8 Å². The van der Waals surface area contributed by atoms with E-state index in [2.05, 4.69) is 35.4 Å². The highest BCUT2D eigenvalue weighted by atomic mass is 32.2. The summed E-state index contributed by atoms with van der Waals surface area (Å²) in [6, 6.07) is 2.04. The Labute approximate surface area is 128 Å². The van der Waals surface area contributed by atoms with Crippen molar-refractivity contribution < 1.29 is 0 Å². The van der Waals surface area contributed by atoms with Gasteiger partial charge in [-0.05, 0) is 49.9 Å². The van der Waals surface area contributed by atoms with Crippen LogP contribution < -0.4 is 5.73 Å². The Morgan fingerprint density at radius 2 is 1.75 bits per heavy atom. The Kier molecular flexibility index (Phi) is 4.66. The first-order chi connectivity index (χ1) is 9.56. The number of hydrogen-bond acceptors (Lipinski definition) is 4. The van der Waals surface area contributed by atoms with Crippen molar-refractivity contribution in [1.82, 2.24) is 9.80 Å². The van der Waals surface area contributed by atoms with E-state index in [-0.39, 0.29) is 0 Å². The van der Waals surface area contributed by atoms with Gasteiger partial charge in [-0.2, -0.15) is 11.8 Å². The van der Waals surface area contributed by atoms with Gasteiger partial charge in [0, 0.05) is 37.0 Å². The molecule has 20 heavy (non-hydrogen) atoms. The zero-order chi connectivity index (χ0) is 14.2. The maximum Gasteiger partial charge on any atom is 0.0238 e. The van der Waals surface area contributed by atoms with E-state index in [9.17, 15) is 0 Å². The Balaban J connectivity index is 1.56. The van der Waals surface area contributed by atoms with Crippen LogP contribution in [-0.2, 0) is 0 Å². The molecular formula is C16H31N3S. The summed E-state index contributed by atoms with van der Waals surface area (Å²) in [7, 11) is 0. The lowest BCUT2D eigenvalue weighted by atomic mass is 9.81. The molecule has 0 aromatic heterocycles. The van der Waals surface area contributed by atoms with Crippen molar-refractivity contribution in [2.45, 2.75) is 57.7 Å². The van der Waals surface area contributed by atoms with Crippen molar-refractivity contribution in [3.05, 3.63) is 0 Å². The van der Waals surface area contributed by atoms with Gasteiger partial charge in [-0.25, -0.2) is 0 Å². The lowest BCUT2D eigenvalue weighted by molar-refractivity contribution is 0.101. The second-order valence-corrected chi connectivity index (χ2v) is 8.79. The molecule has 0 radical (unpaired) electrons. The van der Waals surface area contributed by atoms with Crippen LogP contribution in [0, 0.1) is 5.41 Å². The molecule has 0 aromatic carbocycles. The zero-order valence-corrected chi connectivity index (χ0v) is 14.0. The molecule has 3 aliphatic rings. The third kappa shape index (κ3) is 3.18. The minimum Gasteiger partial charge on any atom is -0.328 e. The van der Waals surface area contributed by atoms with E-state index in [4.69, 9.17) is 5.73 Å². The molecule has 0 spiro atoms. The van der Waals surface area contributed by atoms with Gasteiger partial charge in [0.05, 0.1) is 0 Å². The smallest absolute Gasteiger partial charge is 0.0238 e. The maximum atomic E-state index is 6.04. The molecule has 0 saturated carbocycles. The highest BCUT2D eigenvalue weighted by Crippen LogP contribution is 2.39. The largest absolute Gasteiger partial charge is 0.328 e. The van der Waals surface area contributed by atoms with E-state index in [0.717, 1.165) is 12.1 Å². The predicted molar refractivity (Wildman–Crippen MR) is 88.3 cm³/mol. The molecule has 2 N–H and O–H groups in total. The predicted octanol–water partition coefficient (Wildman–Crippen LogP) is 2.02. The molecule has 3 saturated heterocycles. The molecule has 3 rings (SSSR count). The van der Waals surface area contributed by atoms with Crippen molar-refractivity contribution in [2.24, 2.45) is 11.1 Å². The van der Waals surface area contributed by atoms with Crippen LogP contribution in [0.2, 0.25) is 0 Å². The highest BCUT2D eigenvalue weighted by molar-refractivity contribution is 7.99. The van der Waals surface area contributed by atoms with Crippen LogP contribution in [0.5, 0.6) is 0 Å². The van der Waals surface area contributed by atoms with E-state index in [1.165, 1.54) is 63.4 Å². The fraction of sp³-hybridized carbons (Fsp3) is 1.00. The van der Waals surface area contributed by atoms with Gasteiger partial charge in [-0.1, -0.05) is 13.8 Å². The number of thioether (sulfide) groups is 1. The van der Waals surface area contributed by atoms with Gasteiger partial charge in [0.2, 0.25) is 0 Å². The number of hydrogen-bond donors (Lipinski definition) is 1. The van der Waals surface area contributed by atoms with Crippen LogP contribution in [0.25, 0.3) is 0 Å². The summed E-state index contributed by atoms with van der Waals surface area (Å²) in [5.41, 5.74) is 6.54. The van der Waals surface area contributed by atoms with E-state index in [0.29, 0.717) is 11.5 Å². The number of nitrogens with zero attached hydrogens (tertiary/aromatic N) is 2. The van der Waals surface area contributed by atoms with Crippen molar-refractivity contribution in [3.8, 4) is 0 Å². The van der Waals surface area contributed by atoms with Crippen LogP contribution in [-0.4, -0.2) is 65.6 Å². The average molecular weight is 298 g/mol. The maximum absolute atomic E-state index is 6.04. The number of rotatable bonds is 2. The average Bonchev–Trinajstić information content (AvgIpc) is 2.88. The molecule has 3 fully saturated rings. The van der Waals surface area contributed by atoms with Gasteiger partial charge in [-0.3, -0.25) is 9.80 Å². The highest BCUT2D eigenvalue weighted by Gasteiger charge is 2.40. The summed E-state index contributed by atoms with van der Waals surface area (Å²) in [5.74, 6) is 2.69. The second kappa shape index (κ2) is 6.15. The van der Waals surface area contributed by atoms with Gasteiger partial charge in [-0.15, -0.1) is 0 Å². The minimum atomic E-state index is 0.456. The lowest BCUT2D eigenvalue weighted by Crippen LogP contribution is -2.50. The Hall–Kier alpha value is 0.230. The number of piperidine rings is 1. The van der Waals surface area contributed by atoms with Gasteiger partial charge >= 0.3 is 0 Å².